The highest BCUT2D eigenvalue weighted by atomic mass is 32.2. The molecular weight excluding hydrogens is 260 g/mol. The molecule has 0 bridgehead atoms. The fourth-order valence-electron chi connectivity index (χ4n) is 2.97. The summed E-state index contributed by atoms with van der Waals surface area (Å²) in [6.07, 6.45) is 4.31. The van der Waals surface area contributed by atoms with Crippen LogP contribution in [0.3, 0.4) is 0 Å². The Kier molecular flexibility index (Phi) is 4.58. The van der Waals surface area contributed by atoms with Crippen LogP contribution in [0, 0.1) is 0 Å². The Balaban J connectivity index is 2.24. The van der Waals surface area contributed by atoms with Crippen LogP contribution in [0.25, 0.3) is 0 Å². The fourth-order valence-corrected chi connectivity index (χ4v) is 5.22. The van der Waals surface area contributed by atoms with E-state index in [1.807, 2.05) is 32.2 Å². The number of sulfone groups is 1. The van der Waals surface area contributed by atoms with E-state index in [4.69, 9.17) is 0 Å². The zero-order valence-corrected chi connectivity index (χ0v) is 12.4. The van der Waals surface area contributed by atoms with Gasteiger partial charge in [0.2, 0.25) is 0 Å². The molecule has 0 saturated carbocycles. The molecule has 1 aromatic rings. The lowest BCUT2D eigenvalue weighted by atomic mass is 9.92. The van der Waals surface area contributed by atoms with Crippen molar-refractivity contribution in [1.82, 2.24) is 10.3 Å². The Morgan fingerprint density at radius 1 is 1.37 bits per heavy atom. The van der Waals surface area contributed by atoms with Gasteiger partial charge in [0.25, 0.3) is 0 Å². The third kappa shape index (κ3) is 3.15. The maximum atomic E-state index is 12.3. The van der Waals surface area contributed by atoms with Crippen LogP contribution in [0.5, 0.6) is 0 Å². The van der Waals surface area contributed by atoms with E-state index in [0.717, 1.165) is 25.0 Å². The van der Waals surface area contributed by atoms with E-state index in [0.29, 0.717) is 5.75 Å². The van der Waals surface area contributed by atoms with Gasteiger partial charge in [-0.3, -0.25) is 4.98 Å². The highest BCUT2D eigenvalue weighted by Gasteiger charge is 2.38. The molecule has 0 radical (unpaired) electrons. The van der Waals surface area contributed by atoms with E-state index in [1.165, 1.54) is 0 Å². The molecule has 4 nitrogen and oxygen atoms in total. The largest absolute Gasteiger partial charge is 0.315 e. The van der Waals surface area contributed by atoms with E-state index in [9.17, 15) is 8.42 Å². The number of hydrogen-bond acceptors (Lipinski definition) is 4. The highest BCUT2D eigenvalue weighted by Crippen LogP contribution is 2.29. The first kappa shape index (κ1) is 14.5. The van der Waals surface area contributed by atoms with Gasteiger partial charge in [-0.15, -0.1) is 0 Å². The molecule has 2 rings (SSSR count). The second-order valence-corrected chi connectivity index (χ2v) is 7.60. The minimum Gasteiger partial charge on any atom is -0.315 e. The molecule has 0 spiro atoms. The SMILES string of the molecule is CNC(C(C)c1ccccn1)C1CCCCS1(=O)=O. The average Bonchev–Trinajstić information content (AvgIpc) is 2.42. The molecule has 3 atom stereocenters. The van der Waals surface area contributed by atoms with E-state index in [2.05, 4.69) is 10.3 Å². The Morgan fingerprint density at radius 3 is 2.74 bits per heavy atom. The lowest BCUT2D eigenvalue weighted by Gasteiger charge is -2.33. The van der Waals surface area contributed by atoms with Crippen LogP contribution in [0.1, 0.15) is 37.8 Å². The molecule has 5 heteroatoms. The fraction of sp³-hybridized carbons (Fsp3) is 0.643. The second kappa shape index (κ2) is 6.01. The van der Waals surface area contributed by atoms with Crippen LogP contribution in [0.15, 0.2) is 24.4 Å². The van der Waals surface area contributed by atoms with E-state index >= 15 is 0 Å². The third-order valence-electron chi connectivity index (χ3n) is 4.06. The van der Waals surface area contributed by atoms with Gasteiger partial charge < -0.3 is 5.32 Å². The lowest BCUT2D eigenvalue weighted by molar-refractivity contribution is 0.413. The van der Waals surface area contributed by atoms with Crippen molar-refractivity contribution < 1.29 is 8.42 Å². The van der Waals surface area contributed by atoms with E-state index < -0.39 is 9.84 Å². The summed E-state index contributed by atoms with van der Waals surface area (Å²) in [5, 5.41) is 2.92. The Labute approximate surface area is 115 Å². The average molecular weight is 282 g/mol. The topological polar surface area (TPSA) is 59.1 Å². The molecule has 19 heavy (non-hydrogen) atoms. The maximum absolute atomic E-state index is 12.3. The minimum absolute atomic E-state index is 0.0693. The zero-order chi connectivity index (χ0) is 13.9. The molecule has 0 aromatic carbocycles. The number of nitrogens with zero attached hydrogens (tertiary/aromatic N) is 1. The standard InChI is InChI=1S/C14H22N2O2S/c1-11(12-7-3-5-9-16-12)14(15-2)13-8-4-6-10-19(13,17)18/h3,5,7,9,11,13-15H,4,6,8,10H2,1-2H3. The van der Waals surface area contributed by atoms with Gasteiger partial charge >= 0.3 is 0 Å². The molecule has 106 valence electrons. The molecule has 1 aromatic heterocycles. The summed E-state index contributed by atoms with van der Waals surface area (Å²) in [4.78, 5) is 4.36. The van der Waals surface area contributed by atoms with Crippen molar-refractivity contribution in [2.24, 2.45) is 0 Å². The van der Waals surface area contributed by atoms with Gasteiger partial charge in [-0.05, 0) is 32.0 Å². The van der Waals surface area contributed by atoms with Crippen molar-refractivity contribution in [3.63, 3.8) is 0 Å². The number of rotatable bonds is 4. The molecule has 1 saturated heterocycles. The first-order valence-electron chi connectivity index (χ1n) is 6.86. The minimum atomic E-state index is -2.98. The van der Waals surface area contributed by atoms with Crippen molar-refractivity contribution in [3.8, 4) is 0 Å². The summed E-state index contributed by atoms with van der Waals surface area (Å²) in [6, 6.07) is 5.72. The maximum Gasteiger partial charge on any atom is 0.154 e. The Bertz CT molecular complexity index is 501. The summed E-state index contributed by atoms with van der Waals surface area (Å²) >= 11 is 0. The molecular formula is C14H22N2O2S. The number of aromatic nitrogens is 1. The summed E-state index contributed by atoms with van der Waals surface area (Å²) in [6.45, 7) is 2.05. The number of nitrogens with one attached hydrogen (secondary N) is 1. The first-order valence-corrected chi connectivity index (χ1v) is 8.57. The molecule has 0 aliphatic carbocycles. The molecule has 1 fully saturated rings. The Hall–Kier alpha value is -0.940. The normalized spacial score (nSPS) is 25.7. The van der Waals surface area contributed by atoms with Crippen molar-refractivity contribution in [2.45, 2.75) is 43.4 Å². The van der Waals surface area contributed by atoms with E-state index in [-0.39, 0.29) is 17.2 Å². The molecule has 1 aliphatic heterocycles. The molecule has 1 N–H and O–H groups in total. The zero-order valence-electron chi connectivity index (χ0n) is 11.5. The van der Waals surface area contributed by atoms with Crippen LogP contribution >= 0.6 is 0 Å². The molecule has 3 unspecified atom stereocenters. The van der Waals surface area contributed by atoms with Gasteiger partial charge in [-0.25, -0.2) is 8.42 Å². The van der Waals surface area contributed by atoms with Gasteiger partial charge in [0.1, 0.15) is 0 Å². The smallest absolute Gasteiger partial charge is 0.154 e. The number of pyridine rings is 1. The predicted molar refractivity (Wildman–Crippen MR) is 76.9 cm³/mol. The molecule has 1 aliphatic rings. The van der Waals surface area contributed by atoms with Gasteiger partial charge in [0, 0.05) is 23.9 Å². The van der Waals surface area contributed by atoms with Crippen LogP contribution < -0.4 is 5.32 Å². The monoisotopic (exact) mass is 282 g/mol. The quantitative estimate of drug-likeness (QED) is 0.914. The first-order chi connectivity index (χ1) is 9.06. The van der Waals surface area contributed by atoms with Gasteiger partial charge in [-0.1, -0.05) is 19.4 Å². The summed E-state index contributed by atoms with van der Waals surface area (Å²) in [7, 11) is -1.14. The van der Waals surface area contributed by atoms with Gasteiger partial charge in [0.05, 0.1) is 11.0 Å². The van der Waals surface area contributed by atoms with Crippen molar-refractivity contribution in [2.75, 3.05) is 12.8 Å². The Morgan fingerprint density at radius 2 is 2.16 bits per heavy atom. The summed E-state index contributed by atoms with van der Waals surface area (Å²) in [5.41, 5.74) is 0.947. The van der Waals surface area contributed by atoms with Crippen molar-refractivity contribution >= 4 is 9.84 Å². The molecule has 0 amide bonds. The number of hydrogen-bond donors (Lipinski definition) is 1. The second-order valence-electron chi connectivity index (χ2n) is 5.26. The van der Waals surface area contributed by atoms with Crippen molar-refractivity contribution in [1.29, 1.82) is 0 Å². The summed E-state index contributed by atoms with van der Waals surface area (Å²) < 4.78 is 24.5. The summed E-state index contributed by atoms with van der Waals surface area (Å²) in [5.74, 6) is 0.411. The van der Waals surface area contributed by atoms with Crippen LogP contribution in [-0.4, -0.2) is 37.5 Å². The molecule has 2 heterocycles. The highest BCUT2D eigenvalue weighted by molar-refractivity contribution is 7.92. The van der Waals surface area contributed by atoms with Crippen LogP contribution in [0.4, 0.5) is 0 Å². The number of likely N-dealkylation sites (N-methyl/N-ethyl adjacent to an activating group) is 1. The van der Waals surface area contributed by atoms with Crippen molar-refractivity contribution in [3.05, 3.63) is 30.1 Å². The van der Waals surface area contributed by atoms with Crippen LogP contribution in [0.2, 0.25) is 0 Å². The van der Waals surface area contributed by atoms with E-state index in [1.54, 1.807) is 6.20 Å². The predicted octanol–water partition coefficient (Wildman–Crippen LogP) is 1.74. The third-order valence-corrected chi connectivity index (χ3v) is 6.36. The van der Waals surface area contributed by atoms with Crippen LogP contribution in [-0.2, 0) is 9.84 Å². The lowest BCUT2D eigenvalue weighted by Crippen LogP contribution is -2.48. The van der Waals surface area contributed by atoms with Gasteiger partial charge in [0.15, 0.2) is 9.84 Å². The van der Waals surface area contributed by atoms with Gasteiger partial charge in [-0.2, -0.15) is 0 Å².